The van der Waals surface area contributed by atoms with E-state index in [0.29, 0.717) is 18.2 Å². The number of carbonyl (C=O) groups excluding carboxylic acids is 1. The lowest BCUT2D eigenvalue weighted by Gasteiger charge is -2.10. The van der Waals surface area contributed by atoms with Crippen molar-refractivity contribution in [2.24, 2.45) is 0 Å². The largest absolute Gasteiger partial charge is 0.338 e. The maximum Gasteiger partial charge on any atom is 0.234 e. The van der Waals surface area contributed by atoms with Gasteiger partial charge in [0.25, 0.3) is 0 Å². The van der Waals surface area contributed by atoms with Crippen LogP contribution in [0.1, 0.15) is 55.0 Å². The topological polar surface area (TPSA) is 55.1 Å². The van der Waals surface area contributed by atoms with Crippen LogP contribution in [0.2, 0.25) is 0 Å². The van der Waals surface area contributed by atoms with Crippen LogP contribution >= 0.6 is 0 Å². The minimum atomic E-state index is -0.0539. The van der Waals surface area contributed by atoms with Gasteiger partial charge in [0.05, 0.1) is 12.1 Å². The summed E-state index contributed by atoms with van der Waals surface area (Å²) in [5.41, 5.74) is 4.38. The number of nitrogens with one attached hydrogen (secondary N) is 1. The summed E-state index contributed by atoms with van der Waals surface area (Å²) in [5.74, 6) is 0.990. The number of fused-ring (bicyclic) bond motifs is 1. The van der Waals surface area contributed by atoms with Crippen LogP contribution in [0.3, 0.4) is 0 Å². The van der Waals surface area contributed by atoms with E-state index in [-0.39, 0.29) is 5.91 Å². The average Bonchev–Trinajstić information content (AvgIpc) is 2.91. The third-order valence-electron chi connectivity index (χ3n) is 4.22. The van der Waals surface area contributed by atoms with Crippen molar-refractivity contribution < 1.29 is 9.32 Å². The van der Waals surface area contributed by atoms with E-state index in [2.05, 4.69) is 36.5 Å². The van der Waals surface area contributed by atoms with Crippen molar-refractivity contribution >= 4 is 11.8 Å². The third-order valence-corrected chi connectivity index (χ3v) is 4.22. The van der Waals surface area contributed by atoms with Gasteiger partial charge in [0, 0.05) is 5.56 Å². The Morgan fingerprint density at radius 1 is 1.23 bits per heavy atom. The smallest absolute Gasteiger partial charge is 0.234 e. The summed E-state index contributed by atoms with van der Waals surface area (Å²) < 4.78 is 5.29. The fraction of sp³-hybridized carbons (Fsp3) is 0.444. The Bertz CT molecular complexity index is 656. The standard InChI is InChI=1S/C18H22N2O2/c1-12(2)14-9-7-13(8-10-14)11-17(21)19-18-15-5-3-4-6-16(15)20-22-18/h7-10,12H,3-6,11H2,1-2H3,(H,19,21). The second-order valence-electron chi connectivity index (χ2n) is 6.27. The number of aromatic nitrogens is 1. The molecule has 0 aliphatic heterocycles. The van der Waals surface area contributed by atoms with Gasteiger partial charge in [0.2, 0.25) is 11.8 Å². The quantitative estimate of drug-likeness (QED) is 0.932. The second kappa shape index (κ2) is 6.34. The van der Waals surface area contributed by atoms with Crippen molar-refractivity contribution in [3.63, 3.8) is 0 Å². The van der Waals surface area contributed by atoms with Gasteiger partial charge in [-0.15, -0.1) is 0 Å². The number of carbonyl (C=O) groups is 1. The van der Waals surface area contributed by atoms with E-state index in [4.69, 9.17) is 4.52 Å². The van der Waals surface area contributed by atoms with Crippen molar-refractivity contribution in [2.75, 3.05) is 5.32 Å². The fourth-order valence-corrected chi connectivity index (χ4v) is 2.87. The van der Waals surface area contributed by atoms with Gasteiger partial charge in [-0.2, -0.15) is 0 Å². The Kier molecular flexibility index (Phi) is 4.27. The molecule has 2 aromatic rings. The number of anilines is 1. The van der Waals surface area contributed by atoms with Crippen molar-refractivity contribution in [2.45, 2.75) is 51.9 Å². The maximum absolute atomic E-state index is 12.2. The van der Waals surface area contributed by atoms with Crippen LogP contribution in [0.4, 0.5) is 5.88 Å². The van der Waals surface area contributed by atoms with Crippen LogP contribution in [0.25, 0.3) is 0 Å². The number of hydrogen-bond acceptors (Lipinski definition) is 3. The third kappa shape index (κ3) is 3.21. The summed E-state index contributed by atoms with van der Waals surface area (Å²) in [7, 11) is 0. The van der Waals surface area contributed by atoms with Crippen LogP contribution < -0.4 is 5.32 Å². The van der Waals surface area contributed by atoms with Gasteiger partial charge in [-0.3, -0.25) is 10.1 Å². The summed E-state index contributed by atoms with van der Waals surface area (Å²) in [6.07, 6.45) is 4.53. The maximum atomic E-state index is 12.2. The van der Waals surface area contributed by atoms with Gasteiger partial charge in [-0.1, -0.05) is 43.3 Å². The molecule has 0 saturated carbocycles. The molecule has 1 aliphatic carbocycles. The van der Waals surface area contributed by atoms with Crippen LogP contribution in [0.15, 0.2) is 28.8 Å². The van der Waals surface area contributed by atoms with E-state index < -0.39 is 0 Å². The molecule has 22 heavy (non-hydrogen) atoms. The summed E-state index contributed by atoms with van der Waals surface area (Å²) in [5, 5.41) is 6.93. The molecule has 0 bridgehead atoms. The normalized spacial score (nSPS) is 14.0. The highest BCUT2D eigenvalue weighted by atomic mass is 16.5. The lowest BCUT2D eigenvalue weighted by Crippen LogP contribution is -2.15. The molecule has 0 unspecified atom stereocenters. The molecular formula is C18H22N2O2. The monoisotopic (exact) mass is 298 g/mol. The zero-order valence-corrected chi connectivity index (χ0v) is 13.2. The second-order valence-corrected chi connectivity index (χ2v) is 6.27. The molecular weight excluding hydrogens is 276 g/mol. The van der Waals surface area contributed by atoms with Gasteiger partial charge in [-0.05, 0) is 42.7 Å². The van der Waals surface area contributed by atoms with Gasteiger partial charge < -0.3 is 4.52 Å². The Hall–Kier alpha value is -2.10. The van der Waals surface area contributed by atoms with E-state index in [1.165, 1.54) is 5.56 Å². The minimum Gasteiger partial charge on any atom is -0.338 e. The van der Waals surface area contributed by atoms with Gasteiger partial charge in [0.1, 0.15) is 0 Å². The van der Waals surface area contributed by atoms with Crippen molar-refractivity contribution in [1.29, 1.82) is 0 Å². The predicted octanol–water partition coefficient (Wildman–Crippen LogP) is 3.86. The molecule has 4 nitrogen and oxygen atoms in total. The molecule has 0 saturated heterocycles. The Morgan fingerprint density at radius 2 is 1.95 bits per heavy atom. The first kappa shape index (κ1) is 14.8. The Balaban J connectivity index is 1.64. The molecule has 0 atom stereocenters. The van der Waals surface area contributed by atoms with E-state index in [9.17, 15) is 4.79 Å². The SMILES string of the molecule is CC(C)c1ccc(CC(=O)Nc2onc3c2CCCC3)cc1. The predicted molar refractivity (Wildman–Crippen MR) is 86.0 cm³/mol. The summed E-state index contributed by atoms with van der Waals surface area (Å²) in [4.78, 5) is 12.2. The van der Waals surface area contributed by atoms with Crippen molar-refractivity contribution in [3.05, 3.63) is 46.6 Å². The minimum absolute atomic E-state index is 0.0539. The fourth-order valence-electron chi connectivity index (χ4n) is 2.87. The van der Waals surface area contributed by atoms with Crippen LogP contribution in [-0.4, -0.2) is 11.1 Å². The molecule has 0 radical (unpaired) electrons. The van der Waals surface area contributed by atoms with Crippen molar-refractivity contribution in [1.82, 2.24) is 5.16 Å². The molecule has 116 valence electrons. The first-order valence-electron chi connectivity index (χ1n) is 7.99. The number of hydrogen-bond donors (Lipinski definition) is 1. The van der Waals surface area contributed by atoms with E-state index in [0.717, 1.165) is 42.5 Å². The zero-order valence-electron chi connectivity index (χ0n) is 13.2. The van der Waals surface area contributed by atoms with Gasteiger partial charge in [0.15, 0.2) is 0 Å². The molecule has 0 spiro atoms. The molecule has 1 aliphatic rings. The van der Waals surface area contributed by atoms with Crippen LogP contribution in [0, 0.1) is 0 Å². The number of amides is 1. The average molecular weight is 298 g/mol. The zero-order chi connectivity index (χ0) is 15.5. The molecule has 1 amide bonds. The molecule has 1 heterocycles. The van der Waals surface area contributed by atoms with Gasteiger partial charge >= 0.3 is 0 Å². The molecule has 1 aromatic carbocycles. The molecule has 3 rings (SSSR count). The highest BCUT2D eigenvalue weighted by Gasteiger charge is 2.20. The summed E-state index contributed by atoms with van der Waals surface area (Å²) in [6, 6.07) is 8.21. The molecule has 1 aromatic heterocycles. The summed E-state index contributed by atoms with van der Waals surface area (Å²) >= 11 is 0. The molecule has 4 heteroatoms. The number of benzene rings is 1. The molecule has 0 fully saturated rings. The lowest BCUT2D eigenvalue weighted by molar-refractivity contribution is -0.115. The highest BCUT2D eigenvalue weighted by Crippen LogP contribution is 2.27. The Morgan fingerprint density at radius 3 is 2.68 bits per heavy atom. The van der Waals surface area contributed by atoms with Crippen LogP contribution in [-0.2, 0) is 24.1 Å². The number of aryl methyl sites for hydroxylation is 1. The Labute approximate surface area is 130 Å². The van der Waals surface area contributed by atoms with Crippen molar-refractivity contribution in [3.8, 4) is 0 Å². The lowest BCUT2D eigenvalue weighted by atomic mass is 9.97. The number of rotatable bonds is 4. The first-order valence-corrected chi connectivity index (χ1v) is 7.99. The molecule has 1 N–H and O–H groups in total. The van der Waals surface area contributed by atoms with Gasteiger partial charge in [-0.25, -0.2) is 0 Å². The van der Waals surface area contributed by atoms with E-state index in [1.807, 2.05) is 12.1 Å². The number of nitrogens with zero attached hydrogens (tertiary/aromatic N) is 1. The highest BCUT2D eigenvalue weighted by molar-refractivity contribution is 5.91. The van der Waals surface area contributed by atoms with E-state index in [1.54, 1.807) is 0 Å². The van der Waals surface area contributed by atoms with E-state index >= 15 is 0 Å². The summed E-state index contributed by atoms with van der Waals surface area (Å²) in [6.45, 7) is 4.32. The first-order chi connectivity index (χ1) is 10.6. The van der Waals surface area contributed by atoms with Crippen LogP contribution in [0.5, 0.6) is 0 Å².